The van der Waals surface area contributed by atoms with Crippen LogP contribution in [0.15, 0.2) is 36.5 Å². The second-order valence-corrected chi connectivity index (χ2v) is 4.98. The van der Waals surface area contributed by atoms with Crippen LogP contribution in [0.25, 0.3) is 11.0 Å². The summed E-state index contributed by atoms with van der Waals surface area (Å²) in [6, 6.07) is 9.73. The standard InChI is InChI=1S/C15H9ClF2N4O/c16-14-21-12-4-3-11(23-15(17)18)5-13(12)22(14)8-10-2-1-9(6-19)7-20-10/h1-5,7,15H,8H2. The van der Waals surface area contributed by atoms with Gasteiger partial charge >= 0.3 is 6.61 Å². The van der Waals surface area contributed by atoms with E-state index in [0.717, 1.165) is 0 Å². The van der Waals surface area contributed by atoms with Crippen molar-refractivity contribution in [1.29, 1.82) is 5.26 Å². The summed E-state index contributed by atoms with van der Waals surface area (Å²) in [6.45, 7) is -2.61. The molecule has 3 aromatic rings. The minimum absolute atomic E-state index is 0.0260. The average molecular weight is 335 g/mol. The molecule has 0 aliphatic heterocycles. The molecule has 0 fully saturated rings. The highest BCUT2D eigenvalue weighted by atomic mass is 35.5. The lowest BCUT2D eigenvalue weighted by molar-refractivity contribution is -0.0497. The van der Waals surface area contributed by atoms with E-state index >= 15 is 0 Å². The molecule has 0 saturated carbocycles. The fraction of sp³-hybridized carbons (Fsp3) is 0.133. The van der Waals surface area contributed by atoms with E-state index in [0.29, 0.717) is 28.8 Å². The summed E-state index contributed by atoms with van der Waals surface area (Å²) in [5, 5.41) is 8.98. The number of pyridine rings is 1. The molecule has 23 heavy (non-hydrogen) atoms. The number of alkyl halides is 2. The van der Waals surface area contributed by atoms with Crippen molar-refractivity contribution < 1.29 is 13.5 Å². The Kier molecular flexibility index (Phi) is 4.08. The third kappa shape index (κ3) is 3.22. The highest BCUT2D eigenvalue weighted by molar-refractivity contribution is 6.29. The quantitative estimate of drug-likeness (QED) is 0.731. The highest BCUT2D eigenvalue weighted by Crippen LogP contribution is 2.26. The Bertz CT molecular complexity index is 887. The van der Waals surface area contributed by atoms with Crippen molar-refractivity contribution in [1.82, 2.24) is 14.5 Å². The van der Waals surface area contributed by atoms with Crippen LogP contribution in [0.2, 0.25) is 5.28 Å². The molecule has 0 unspecified atom stereocenters. The first kappa shape index (κ1) is 15.2. The first-order valence-corrected chi connectivity index (χ1v) is 6.90. The van der Waals surface area contributed by atoms with Crippen molar-refractivity contribution >= 4 is 22.6 Å². The van der Waals surface area contributed by atoms with Gasteiger partial charge in [0, 0.05) is 12.3 Å². The number of nitrogens with zero attached hydrogens (tertiary/aromatic N) is 4. The lowest BCUT2D eigenvalue weighted by atomic mass is 10.2. The summed E-state index contributed by atoms with van der Waals surface area (Å²) in [6.07, 6.45) is 1.45. The molecule has 2 aromatic heterocycles. The maximum absolute atomic E-state index is 12.3. The Hall–Kier alpha value is -2.72. The number of rotatable bonds is 4. The summed E-state index contributed by atoms with van der Waals surface area (Å²) in [5.74, 6) is 0.0260. The molecule has 8 heteroatoms. The van der Waals surface area contributed by atoms with E-state index in [2.05, 4.69) is 14.7 Å². The molecule has 0 aliphatic rings. The Morgan fingerprint density at radius 1 is 1.30 bits per heavy atom. The van der Waals surface area contributed by atoms with Crippen LogP contribution < -0.4 is 4.74 Å². The third-order valence-electron chi connectivity index (χ3n) is 3.17. The topological polar surface area (TPSA) is 63.7 Å². The molecule has 2 heterocycles. The molecular weight excluding hydrogens is 326 g/mol. The summed E-state index contributed by atoms with van der Waals surface area (Å²) in [4.78, 5) is 8.33. The number of aromatic nitrogens is 3. The number of benzene rings is 1. The molecule has 5 nitrogen and oxygen atoms in total. The van der Waals surface area contributed by atoms with E-state index in [1.165, 1.54) is 18.3 Å². The van der Waals surface area contributed by atoms with Gasteiger partial charge in [-0.1, -0.05) is 0 Å². The van der Waals surface area contributed by atoms with Gasteiger partial charge in [-0.25, -0.2) is 4.98 Å². The van der Waals surface area contributed by atoms with Gasteiger partial charge < -0.3 is 9.30 Å². The Morgan fingerprint density at radius 3 is 2.78 bits per heavy atom. The van der Waals surface area contributed by atoms with Crippen LogP contribution >= 0.6 is 11.6 Å². The fourth-order valence-electron chi connectivity index (χ4n) is 2.15. The Morgan fingerprint density at radius 2 is 2.13 bits per heavy atom. The second kappa shape index (κ2) is 6.18. The molecule has 0 aliphatic carbocycles. The van der Waals surface area contributed by atoms with Gasteiger partial charge in [0.05, 0.1) is 28.8 Å². The molecule has 0 radical (unpaired) electrons. The molecule has 0 atom stereocenters. The largest absolute Gasteiger partial charge is 0.435 e. The van der Waals surface area contributed by atoms with E-state index < -0.39 is 6.61 Å². The molecule has 1 aromatic carbocycles. The summed E-state index contributed by atoms with van der Waals surface area (Å²) >= 11 is 6.12. The lowest BCUT2D eigenvalue weighted by Gasteiger charge is -2.07. The summed E-state index contributed by atoms with van der Waals surface area (Å²) in [7, 11) is 0. The number of imidazole rings is 1. The van der Waals surface area contributed by atoms with Crippen molar-refractivity contribution in [3.05, 3.63) is 53.1 Å². The number of halogens is 3. The third-order valence-corrected chi connectivity index (χ3v) is 3.46. The average Bonchev–Trinajstić information content (AvgIpc) is 2.83. The number of ether oxygens (including phenoxy) is 1. The van der Waals surface area contributed by atoms with Gasteiger partial charge in [0.1, 0.15) is 11.8 Å². The van der Waals surface area contributed by atoms with Crippen molar-refractivity contribution in [2.75, 3.05) is 0 Å². The van der Waals surface area contributed by atoms with Crippen LogP contribution in [-0.4, -0.2) is 21.1 Å². The fourth-order valence-corrected chi connectivity index (χ4v) is 2.39. The SMILES string of the molecule is N#Cc1ccc(Cn2c(Cl)nc3ccc(OC(F)F)cc32)nc1. The number of hydrogen-bond donors (Lipinski definition) is 0. The van der Waals surface area contributed by atoms with E-state index in [1.54, 1.807) is 22.8 Å². The Labute approximate surface area is 134 Å². The zero-order chi connectivity index (χ0) is 16.4. The van der Waals surface area contributed by atoms with Crippen LogP contribution in [0.3, 0.4) is 0 Å². The predicted molar refractivity (Wildman–Crippen MR) is 79.4 cm³/mol. The molecular formula is C15H9ClF2N4O. The minimum Gasteiger partial charge on any atom is -0.435 e. The van der Waals surface area contributed by atoms with E-state index in [-0.39, 0.29) is 11.0 Å². The van der Waals surface area contributed by atoms with Crippen LogP contribution in [-0.2, 0) is 6.54 Å². The normalized spacial score (nSPS) is 10.9. The Balaban J connectivity index is 1.98. The van der Waals surface area contributed by atoms with Gasteiger partial charge in [0.25, 0.3) is 0 Å². The van der Waals surface area contributed by atoms with Crippen molar-refractivity contribution in [2.45, 2.75) is 13.2 Å². The van der Waals surface area contributed by atoms with Crippen LogP contribution in [0.4, 0.5) is 8.78 Å². The molecule has 0 amide bonds. The lowest BCUT2D eigenvalue weighted by Crippen LogP contribution is -2.04. The molecule has 0 saturated heterocycles. The molecule has 3 rings (SSSR count). The molecule has 0 spiro atoms. The molecule has 0 bridgehead atoms. The van der Waals surface area contributed by atoms with E-state index in [4.69, 9.17) is 16.9 Å². The van der Waals surface area contributed by atoms with Gasteiger partial charge in [-0.05, 0) is 35.9 Å². The highest BCUT2D eigenvalue weighted by Gasteiger charge is 2.13. The predicted octanol–water partition coefficient (Wildman–Crippen LogP) is 3.61. The van der Waals surface area contributed by atoms with Gasteiger partial charge in [-0.3, -0.25) is 4.98 Å². The first-order chi connectivity index (χ1) is 11.1. The van der Waals surface area contributed by atoms with E-state index in [1.807, 2.05) is 6.07 Å². The maximum atomic E-state index is 12.3. The van der Waals surface area contributed by atoms with Crippen molar-refractivity contribution in [3.63, 3.8) is 0 Å². The van der Waals surface area contributed by atoms with Crippen LogP contribution in [0, 0.1) is 11.3 Å². The summed E-state index contributed by atoms with van der Waals surface area (Å²) in [5.41, 5.74) is 2.22. The van der Waals surface area contributed by atoms with Gasteiger partial charge in [0.15, 0.2) is 0 Å². The zero-order valence-corrected chi connectivity index (χ0v) is 12.3. The second-order valence-electron chi connectivity index (χ2n) is 4.65. The smallest absolute Gasteiger partial charge is 0.387 e. The van der Waals surface area contributed by atoms with Crippen LogP contribution in [0.5, 0.6) is 5.75 Å². The van der Waals surface area contributed by atoms with Gasteiger partial charge in [0.2, 0.25) is 5.28 Å². The van der Waals surface area contributed by atoms with E-state index in [9.17, 15) is 8.78 Å². The minimum atomic E-state index is -2.90. The molecule has 0 N–H and O–H groups in total. The van der Waals surface area contributed by atoms with Crippen molar-refractivity contribution in [3.8, 4) is 11.8 Å². The van der Waals surface area contributed by atoms with Crippen LogP contribution in [0.1, 0.15) is 11.3 Å². The number of fused-ring (bicyclic) bond motifs is 1. The monoisotopic (exact) mass is 334 g/mol. The van der Waals surface area contributed by atoms with Gasteiger partial charge in [-0.2, -0.15) is 14.0 Å². The zero-order valence-electron chi connectivity index (χ0n) is 11.6. The number of nitriles is 1. The van der Waals surface area contributed by atoms with Gasteiger partial charge in [-0.15, -0.1) is 0 Å². The maximum Gasteiger partial charge on any atom is 0.387 e. The first-order valence-electron chi connectivity index (χ1n) is 6.52. The number of hydrogen-bond acceptors (Lipinski definition) is 4. The van der Waals surface area contributed by atoms with Crippen molar-refractivity contribution in [2.24, 2.45) is 0 Å². The molecule has 116 valence electrons. The summed E-state index contributed by atoms with van der Waals surface area (Å²) < 4.78 is 30.7.